The summed E-state index contributed by atoms with van der Waals surface area (Å²) < 4.78 is 0. The van der Waals surface area contributed by atoms with Crippen molar-refractivity contribution in [2.45, 2.75) is 27.2 Å². The Bertz CT molecular complexity index is 205. The highest BCUT2D eigenvalue weighted by atomic mass is 79.9. The number of likely N-dealkylation sites (tertiary alicyclic amines) is 1. The number of alkyl halides is 1. The third-order valence-corrected chi connectivity index (χ3v) is 3.84. The highest BCUT2D eigenvalue weighted by Gasteiger charge is 2.28. The van der Waals surface area contributed by atoms with E-state index in [1.807, 2.05) is 4.90 Å². The molecule has 0 aromatic heterocycles. The Hall–Kier alpha value is -0.0500. The second kappa shape index (κ2) is 5.15. The molecule has 0 aromatic rings. The van der Waals surface area contributed by atoms with Gasteiger partial charge in [-0.2, -0.15) is 0 Å². The average Bonchev–Trinajstić information content (AvgIpc) is 2.40. The summed E-state index contributed by atoms with van der Waals surface area (Å²) in [5.41, 5.74) is 0. The van der Waals surface area contributed by atoms with Gasteiger partial charge in [0.15, 0.2) is 0 Å². The second-order valence-corrected chi connectivity index (χ2v) is 5.41. The molecule has 2 nitrogen and oxygen atoms in total. The average molecular weight is 262 g/mol. The van der Waals surface area contributed by atoms with Crippen molar-refractivity contribution in [3.8, 4) is 0 Å². The van der Waals surface area contributed by atoms with Crippen molar-refractivity contribution in [1.29, 1.82) is 0 Å². The van der Waals surface area contributed by atoms with Crippen molar-refractivity contribution in [2.75, 3.05) is 18.4 Å². The summed E-state index contributed by atoms with van der Waals surface area (Å²) in [6.07, 6.45) is 0.743. The third-order valence-electron chi connectivity index (χ3n) is 3.00. The zero-order valence-electron chi connectivity index (χ0n) is 9.29. The molecule has 0 N–H and O–H groups in total. The van der Waals surface area contributed by atoms with E-state index in [1.54, 1.807) is 0 Å². The van der Waals surface area contributed by atoms with Crippen molar-refractivity contribution in [2.24, 2.45) is 17.8 Å². The minimum atomic E-state index is 0.337. The summed E-state index contributed by atoms with van der Waals surface area (Å²) in [5, 5.41) is 0.989. The summed E-state index contributed by atoms with van der Waals surface area (Å²) in [4.78, 5) is 13.6. The van der Waals surface area contributed by atoms with E-state index in [-0.39, 0.29) is 0 Å². The Kier molecular flexibility index (Phi) is 4.42. The van der Waals surface area contributed by atoms with Gasteiger partial charge in [0.25, 0.3) is 0 Å². The first-order chi connectivity index (χ1) is 6.54. The highest BCUT2D eigenvalue weighted by Crippen LogP contribution is 2.21. The maximum absolute atomic E-state index is 11.6. The zero-order valence-corrected chi connectivity index (χ0v) is 10.9. The quantitative estimate of drug-likeness (QED) is 0.713. The number of carbonyl (C=O) groups is 1. The Morgan fingerprint density at radius 2 is 2.21 bits per heavy atom. The van der Waals surface area contributed by atoms with Crippen LogP contribution in [0.1, 0.15) is 27.2 Å². The molecule has 0 aromatic carbocycles. The normalized spacial score (nSPS) is 24.8. The fourth-order valence-electron chi connectivity index (χ4n) is 1.87. The summed E-state index contributed by atoms with van der Waals surface area (Å²) in [5.74, 6) is 2.11. The number of amides is 1. The molecule has 1 aliphatic heterocycles. The molecule has 0 saturated carbocycles. The fourth-order valence-corrected chi connectivity index (χ4v) is 2.82. The molecule has 0 bridgehead atoms. The maximum Gasteiger partial charge on any atom is 0.222 e. The molecule has 1 amide bonds. The van der Waals surface area contributed by atoms with Gasteiger partial charge < -0.3 is 4.90 Å². The van der Waals surface area contributed by atoms with Gasteiger partial charge in [-0.1, -0.05) is 36.7 Å². The maximum atomic E-state index is 11.6. The summed E-state index contributed by atoms with van der Waals surface area (Å²) in [6.45, 7) is 8.46. The number of rotatable bonds is 4. The topological polar surface area (TPSA) is 20.3 Å². The molecule has 1 fully saturated rings. The molecule has 0 aliphatic carbocycles. The van der Waals surface area contributed by atoms with Crippen LogP contribution < -0.4 is 0 Å². The molecular formula is C11H20BrNO. The first-order valence-corrected chi connectivity index (χ1v) is 6.50. The molecular weight excluding hydrogens is 242 g/mol. The van der Waals surface area contributed by atoms with E-state index < -0.39 is 0 Å². The largest absolute Gasteiger partial charge is 0.342 e. The first-order valence-electron chi connectivity index (χ1n) is 5.38. The standard InChI is InChI=1S/C11H20BrNO/c1-8(2)10(5-12)7-13-6-9(3)4-11(13)14/h8-10H,4-7H2,1-3H3. The second-order valence-electron chi connectivity index (χ2n) is 4.77. The van der Waals surface area contributed by atoms with Gasteiger partial charge >= 0.3 is 0 Å². The molecule has 1 rings (SSSR count). The van der Waals surface area contributed by atoms with E-state index >= 15 is 0 Å². The Morgan fingerprint density at radius 3 is 2.57 bits per heavy atom. The molecule has 0 radical (unpaired) electrons. The van der Waals surface area contributed by atoms with Crippen molar-refractivity contribution >= 4 is 21.8 Å². The summed E-state index contributed by atoms with van der Waals surface area (Å²) in [7, 11) is 0. The lowest BCUT2D eigenvalue weighted by Gasteiger charge is -2.25. The highest BCUT2D eigenvalue weighted by molar-refractivity contribution is 9.09. The van der Waals surface area contributed by atoms with E-state index in [4.69, 9.17) is 0 Å². The molecule has 1 saturated heterocycles. The summed E-state index contributed by atoms with van der Waals surface area (Å²) in [6, 6.07) is 0. The van der Waals surface area contributed by atoms with E-state index in [0.717, 1.165) is 24.8 Å². The first kappa shape index (κ1) is 12.0. The van der Waals surface area contributed by atoms with E-state index in [2.05, 4.69) is 36.7 Å². The van der Waals surface area contributed by atoms with Crippen LogP contribution in [0.4, 0.5) is 0 Å². The fraction of sp³-hybridized carbons (Fsp3) is 0.909. The Labute approximate surface area is 95.2 Å². The van der Waals surface area contributed by atoms with Crippen LogP contribution in [-0.2, 0) is 4.79 Å². The predicted molar refractivity (Wildman–Crippen MR) is 62.5 cm³/mol. The molecule has 1 aliphatic rings. The van der Waals surface area contributed by atoms with E-state index in [0.29, 0.717) is 23.7 Å². The number of hydrogen-bond acceptors (Lipinski definition) is 1. The van der Waals surface area contributed by atoms with E-state index in [9.17, 15) is 4.79 Å². The molecule has 2 unspecified atom stereocenters. The van der Waals surface area contributed by atoms with Crippen molar-refractivity contribution < 1.29 is 4.79 Å². The van der Waals surface area contributed by atoms with Crippen LogP contribution in [0.2, 0.25) is 0 Å². The van der Waals surface area contributed by atoms with Crippen LogP contribution >= 0.6 is 15.9 Å². The third kappa shape index (κ3) is 2.97. The smallest absolute Gasteiger partial charge is 0.222 e. The zero-order chi connectivity index (χ0) is 10.7. The molecule has 14 heavy (non-hydrogen) atoms. The lowest BCUT2D eigenvalue weighted by atomic mass is 9.97. The number of nitrogens with zero attached hydrogens (tertiary/aromatic N) is 1. The van der Waals surface area contributed by atoms with Gasteiger partial charge in [-0.25, -0.2) is 0 Å². The molecule has 1 heterocycles. The summed E-state index contributed by atoms with van der Waals surface area (Å²) >= 11 is 3.52. The van der Waals surface area contributed by atoms with Crippen LogP contribution in [0.5, 0.6) is 0 Å². The van der Waals surface area contributed by atoms with Gasteiger partial charge in [-0.3, -0.25) is 4.79 Å². The van der Waals surface area contributed by atoms with Gasteiger partial charge in [-0.15, -0.1) is 0 Å². The Morgan fingerprint density at radius 1 is 1.57 bits per heavy atom. The molecule has 3 heteroatoms. The van der Waals surface area contributed by atoms with Crippen molar-refractivity contribution in [3.63, 3.8) is 0 Å². The minimum Gasteiger partial charge on any atom is -0.342 e. The van der Waals surface area contributed by atoms with Gasteiger partial charge in [0.1, 0.15) is 0 Å². The lowest BCUT2D eigenvalue weighted by Crippen LogP contribution is -2.33. The number of hydrogen-bond donors (Lipinski definition) is 0. The van der Waals surface area contributed by atoms with Crippen LogP contribution in [-0.4, -0.2) is 29.2 Å². The molecule has 82 valence electrons. The minimum absolute atomic E-state index is 0.337. The SMILES string of the molecule is CC1CC(=O)N(CC(CBr)C(C)C)C1. The van der Waals surface area contributed by atoms with Crippen LogP contribution in [0.25, 0.3) is 0 Å². The Balaban J connectivity index is 2.46. The number of halogens is 1. The lowest BCUT2D eigenvalue weighted by molar-refractivity contribution is -0.128. The van der Waals surface area contributed by atoms with Gasteiger partial charge in [0, 0.05) is 24.8 Å². The molecule has 2 atom stereocenters. The predicted octanol–water partition coefficient (Wildman–Crippen LogP) is 2.52. The van der Waals surface area contributed by atoms with Gasteiger partial charge in [0.2, 0.25) is 5.91 Å². The number of carbonyl (C=O) groups excluding carboxylic acids is 1. The van der Waals surface area contributed by atoms with E-state index in [1.165, 1.54) is 0 Å². The molecule has 0 spiro atoms. The monoisotopic (exact) mass is 261 g/mol. The van der Waals surface area contributed by atoms with Gasteiger partial charge in [0.05, 0.1) is 0 Å². The van der Waals surface area contributed by atoms with Crippen molar-refractivity contribution in [3.05, 3.63) is 0 Å². The van der Waals surface area contributed by atoms with Gasteiger partial charge in [-0.05, 0) is 17.8 Å². The van der Waals surface area contributed by atoms with Crippen LogP contribution in [0, 0.1) is 17.8 Å². The van der Waals surface area contributed by atoms with Crippen molar-refractivity contribution in [1.82, 2.24) is 4.90 Å². The van der Waals surface area contributed by atoms with Crippen LogP contribution in [0.3, 0.4) is 0 Å². The van der Waals surface area contributed by atoms with Crippen LogP contribution in [0.15, 0.2) is 0 Å².